The molecule has 0 fully saturated rings. The first-order valence-corrected chi connectivity index (χ1v) is 7.24. The summed E-state index contributed by atoms with van der Waals surface area (Å²) in [4.78, 5) is 4.60. The maximum absolute atomic E-state index is 6.00. The number of hydrogen-bond acceptors (Lipinski definition) is 3. The standard InChI is InChI=1S/C13H8BrClN2S/c14-7-1-4-12-11(5-7)17-13(18-12)9-6-8(15)2-3-10(9)16/h1-6H,16H2. The molecule has 0 aliphatic heterocycles. The molecule has 1 aromatic heterocycles. The Morgan fingerprint density at radius 2 is 2.00 bits per heavy atom. The van der Waals surface area contributed by atoms with Crippen LogP contribution in [-0.4, -0.2) is 4.98 Å². The largest absolute Gasteiger partial charge is 0.398 e. The van der Waals surface area contributed by atoms with E-state index in [0.717, 1.165) is 25.3 Å². The number of benzene rings is 2. The fraction of sp³-hybridized carbons (Fsp3) is 0. The van der Waals surface area contributed by atoms with Gasteiger partial charge in [0.2, 0.25) is 0 Å². The molecule has 0 saturated heterocycles. The summed E-state index contributed by atoms with van der Waals surface area (Å²) in [5.41, 5.74) is 8.51. The fourth-order valence-electron chi connectivity index (χ4n) is 1.73. The summed E-state index contributed by atoms with van der Waals surface area (Å²) in [6, 6.07) is 11.5. The van der Waals surface area contributed by atoms with Crippen molar-refractivity contribution in [2.75, 3.05) is 5.73 Å². The predicted molar refractivity (Wildman–Crippen MR) is 82.2 cm³/mol. The van der Waals surface area contributed by atoms with Gasteiger partial charge in [-0.25, -0.2) is 4.98 Å². The SMILES string of the molecule is Nc1ccc(Cl)cc1-c1nc2cc(Br)ccc2s1. The first-order chi connectivity index (χ1) is 8.63. The number of rotatable bonds is 1. The lowest BCUT2D eigenvalue weighted by atomic mass is 10.2. The molecule has 90 valence electrons. The zero-order valence-corrected chi connectivity index (χ0v) is 12.3. The summed E-state index contributed by atoms with van der Waals surface area (Å²) < 4.78 is 2.15. The van der Waals surface area contributed by atoms with Crippen LogP contribution in [0.2, 0.25) is 5.02 Å². The third kappa shape index (κ3) is 2.11. The first-order valence-electron chi connectivity index (χ1n) is 5.25. The van der Waals surface area contributed by atoms with Crippen LogP contribution in [0.3, 0.4) is 0 Å². The molecule has 0 atom stereocenters. The molecular weight excluding hydrogens is 332 g/mol. The molecule has 18 heavy (non-hydrogen) atoms. The number of nitrogens with two attached hydrogens (primary N) is 1. The summed E-state index contributed by atoms with van der Waals surface area (Å²) in [7, 11) is 0. The van der Waals surface area contributed by atoms with Crippen molar-refractivity contribution in [3.05, 3.63) is 45.9 Å². The van der Waals surface area contributed by atoms with Crippen molar-refractivity contribution in [1.82, 2.24) is 4.98 Å². The number of hydrogen-bond donors (Lipinski definition) is 1. The Bertz CT molecular complexity index is 739. The van der Waals surface area contributed by atoms with Gasteiger partial charge in [-0.2, -0.15) is 0 Å². The fourth-order valence-corrected chi connectivity index (χ4v) is 3.23. The second-order valence-corrected chi connectivity index (χ2v) is 6.25. The van der Waals surface area contributed by atoms with Gasteiger partial charge in [0, 0.05) is 20.7 Å². The van der Waals surface area contributed by atoms with Gasteiger partial charge in [-0.05, 0) is 36.4 Å². The molecule has 0 bridgehead atoms. The first kappa shape index (κ1) is 12.0. The Balaban J connectivity index is 2.22. The second kappa shape index (κ2) is 4.53. The van der Waals surface area contributed by atoms with Crippen molar-refractivity contribution in [2.24, 2.45) is 0 Å². The maximum Gasteiger partial charge on any atom is 0.126 e. The van der Waals surface area contributed by atoms with E-state index in [4.69, 9.17) is 17.3 Å². The van der Waals surface area contributed by atoms with Gasteiger partial charge in [-0.15, -0.1) is 11.3 Å². The molecule has 2 N–H and O–H groups in total. The molecule has 1 heterocycles. The van der Waals surface area contributed by atoms with Crippen molar-refractivity contribution in [3.63, 3.8) is 0 Å². The van der Waals surface area contributed by atoms with Gasteiger partial charge in [0.1, 0.15) is 5.01 Å². The number of nitrogen functional groups attached to an aromatic ring is 1. The Morgan fingerprint density at radius 3 is 2.83 bits per heavy atom. The van der Waals surface area contributed by atoms with Gasteiger partial charge in [0.05, 0.1) is 10.2 Å². The molecule has 5 heteroatoms. The molecule has 2 nitrogen and oxygen atoms in total. The molecule has 0 radical (unpaired) electrons. The topological polar surface area (TPSA) is 38.9 Å². The van der Waals surface area contributed by atoms with E-state index in [0.29, 0.717) is 10.7 Å². The monoisotopic (exact) mass is 338 g/mol. The third-order valence-corrected chi connectivity index (χ3v) is 4.39. The van der Waals surface area contributed by atoms with E-state index in [9.17, 15) is 0 Å². The number of anilines is 1. The molecule has 2 aromatic carbocycles. The van der Waals surface area contributed by atoms with Crippen LogP contribution in [0.4, 0.5) is 5.69 Å². The Hall–Kier alpha value is -1.10. The summed E-state index contributed by atoms with van der Waals surface area (Å²) in [6.45, 7) is 0. The number of fused-ring (bicyclic) bond motifs is 1. The summed E-state index contributed by atoms with van der Waals surface area (Å²) >= 11 is 11.1. The highest BCUT2D eigenvalue weighted by molar-refractivity contribution is 9.10. The molecule has 0 spiro atoms. The highest BCUT2D eigenvalue weighted by atomic mass is 79.9. The van der Waals surface area contributed by atoms with E-state index in [1.807, 2.05) is 24.3 Å². The van der Waals surface area contributed by atoms with E-state index in [2.05, 4.69) is 20.9 Å². The number of thiazole rings is 1. The molecule has 0 aliphatic carbocycles. The molecule has 3 aromatic rings. The Morgan fingerprint density at radius 1 is 1.17 bits per heavy atom. The molecule has 3 rings (SSSR count). The van der Waals surface area contributed by atoms with Crippen molar-refractivity contribution in [3.8, 4) is 10.6 Å². The van der Waals surface area contributed by atoms with Crippen LogP contribution < -0.4 is 5.73 Å². The lowest BCUT2D eigenvalue weighted by molar-refractivity contribution is 1.47. The van der Waals surface area contributed by atoms with Crippen molar-refractivity contribution >= 4 is 54.8 Å². The maximum atomic E-state index is 6.00. The number of halogens is 2. The number of aromatic nitrogens is 1. The highest BCUT2D eigenvalue weighted by Gasteiger charge is 2.10. The molecule has 0 amide bonds. The average Bonchev–Trinajstić information content (AvgIpc) is 2.74. The van der Waals surface area contributed by atoms with Crippen LogP contribution in [0.15, 0.2) is 40.9 Å². The minimum absolute atomic E-state index is 0.666. The Kier molecular flexibility index (Phi) is 3.01. The van der Waals surface area contributed by atoms with E-state index >= 15 is 0 Å². The van der Waals surface area contributed by atoms with Crippen LogP contribution in [-0.2, 0) is 0 Å². The minimum Gasteiger partial charge on any atom is -0.398 e. The Labute approximate surface area is 122 Å². The van der Waals surface area contributed by atoms with E-state index < -0.39 is 0 Å². The van der Waals surface area contributed by atoms with Gasteiger partial charge >= 0.3 is 0 Å². The van der Waals surface area contributed by atoms with Gasteiger partial charge in [-0.1, -0.05) is 27.5 Å². The van der Waals surface area contributed by atoms with Gasteiger partial charge < -0.3 is 5.73 Å². The molecular formula is C13H8BrClN2S. The minimum atomic E-state index is 0.666. The van der Waals surface area contributed by atoms with E-state index in [1.54, 1.807) is 23.5 Å². The second-order valence-electron chi connectivity index (χ2n) is 3.86. The lowest BCUT2D eigenvalue weighted by Crippen LogP contribution is -1.88. The van der Waals surface area contributed by atoms with Crippen molar-refractivity contribution in [2.45, 2.75) is 0 Å². The number of nitrogens with zero attached hydrogens (tertiary/aromatic N) is 1. The molecule has 0 unspecified atom stereocenters. The quantitative estimate of drug-likeness (QED) is 0.636. The summed E-state index contributed by atoms with van der Waals surface area (Å²) in [6.07, 6.45) is 0. The summed E-state index contributed by atoms with van der Waals surface area (Å²) in [5, 5.41) is 1.56. The zero-order valence-electron chi connectivity index (χ0n) is 9.15. The van der Waals surface area contributed by atoms with Crippen LogP contribution in [0.1, 0.15) is 0 Å². The van der Waals surface area contributed by atoms with Crippen LogP contribution in [0, 0.1) is 0 Å². The third-order valence-electron chi connectivity index (χ3n) is 2.60. The van der Waals surface area contributed by atoms with Crippen LogP contribution >= 0.6 is 38.9 Å². The van der Waals surface area contributed by atoms with Gasteiger partial charge in [0.15, 0.2) is 0 Å². The summed E-state index contributed by atoms with van der Waals surface area (Å²) in [5.74, 6) is 0. The van der Waals surface area contributed by atoms with Gasteiger partial charge in [0.25, 0.3) is 0 Å². The normalized spacial score (nSPS) is 11.0. The average molecular weight is 340 g/mol. The van der Waals surface area contributed by atoms with E-state index in [-0.39, 0.29) is 0 Å². The zero-order chi connectivity index (χ0) is 12.7. The van der Waals surface area contributed by atoms with E-state index in [1.165, 1.54) is 0 Å². The van der Waals surface area contributed by atoms with Gasteiger partial charge in [-0.3, -0.25) is 0 Å². The molecule has 0 aliphatic rings. The van der Waals surface area contributed by atoms with Crippen molar-refractivity contribution < 1.29 is 0 Å². The highest BCUT2D eigenvalue weighted by Crippen LogP contribution is 2.35. The predicted octanol–water partition coefficient (Wildman–Crippen LogP) is 4.96. The van der Waals surface area contributed by atoms with Crippen LogP contribution in [0.5, 0.6) is 0 Å². The lowest BCUT2D eigenvalue weighted by Gasteiger charge is -2.01. The molecule has 0 saturated carbocycles. The van der Waals surface area contributed by atoms with Crippen LogP contribution in [0.25, 0.3) is 20.8 Å². The smallest absolute Gasteiger partial charge is 0.126 e. The van der Waals surface area contributed by atoms with Crippen molar-refractivity contribution in [1.29, 1.82) is 0 Å².